The van der Waals surface area contributed by atoms with Crippen molar-refractivity contribution >= 4 is 33.5 Å². The number of aryl methyl sites for hydroxylation is 1. The number of hydrogen-bond acceptors (Lipinski definition) is 5. The molecule has 2 rings (SSSR count). The summed E-state index contributed by atoms with van der Waals surface area (Å²) in [5.41, 5.74) is 1.07. The van der Waals surface area contributed by atoms with E-state index in [1.165, 1.54) is 28.1 Å². The molecule has 0 aliphatic carbocycles. The zero-order valence-electron chi connectivity index (χ0n) is 18.5. The van der Waals surface area contributed by atoms with Gasteiger partial charge in [-0.25, -0.2) is 13.2 Å². The number of amides is 1. The van der Waals surface area contributed by atoms with Crippen molar-refractivity contribution in [2.24, 2.45) is 0 Å². The van der Waals surface area contributed by atoms with Crippen molar-refractivity contribution in [1.29, 1.82) is 0 Å². The normalized spacial score (nSPS) is 12.4. The minimum Gasteiger partial charge on any atom is -0.452 e. The molecule has 32 heavy (non-hydrogen) atoms. The third kappa shape index (κ3) is 7.05. The van der Waals surface area contributed by atoms with E-state index < -0.39 is 28.5 Å². The summed E-state index contributed by atoms with van der Waals surface area (Å²) in [6.07, 6.45) is 1.55. The van der Waals surface area contributed by atoms with Crippen LogP contribution in [0, 0.1) is 0 Å². The molecular formula is C23H29ClN2O5S. The third-order valence-corrected chi connectivity index (χ3v) is 7.33. The Balaban J connectivity index is 1.95. The van der Waals surface area contributed by atoms with Gasteiger partial charge in [-0.2, -0.15) is 4.31 Å². The highest BCUT2D eigenvalue weighted by Gasteiger charge is 2.24. The van der Waals surface area contributed by atoms with Gasteiger partial charge in [0.1, 0.15) is 0 Å². The number of nitrogens with zero attached hydrogens (tertiary/aromatic N) is 1. The Labute approximate surface area is 194 Å². The van der Waals surface area contributed by atoms with Crippen LogP contribution in [0.15, 0.2) is 53.4 Å². The van der Waals surface area contributed by atoms with Crippen LogP contribution in [-0.2, 0) is 26.0 Å². The maximum atomic E-state index is 12.7. The van der Waals surface area contributed by atoms with Gasteiger partial charge in [-0.15, -0.1) is 0 Å². The van der Waals surface area contributed by atoms with Gasteiger partial charge in [0.05, 0.1) is 15.5 Å². The lowest BCUT2D eigenvalue weighted by Crippen LogP contribution is -2.36. The fraction of sp³-hybridized carbons (Fsp3) is 0.391. The van der Waals surface area contributed by atoms with Crippen LogP contribution in [-0.4, -0.2) is 50.3 Å². The van der Waals surface area contributed by atoms with Crippen LogP contribution in [0.4, 0.5) is 0 Å². The molecule has 9 heteroatoms. The molecule has 0 spiro atoms. The average Bonchev–Trinajstić information content (AvgIpc) is 2.77. The Bertz CT molecular complexity index is 1020. The van der Waals surface area contributed by atoms with Gasteiger partial charge in [0, 0.05) is 19.1 Å². The van der Waals surface area contributed by atoms with E-state index in [0.29, 0.717) is 13.1 Å². The number of carbonyl (C=O) groups excluding carboxylic acids is 2. The number of ether oxygens (including phenoxy) is 1. The lowest BCUT2D eigenvalue weighted by molar-refractivity contribution is -0.124. The van der Waals surface area contributed by atoms with Crippen LogP contribution in [0.2, 0.25) is 5.02 Å². The van der Waals surface area contributed by atoms with Gasteiger partial charge in [-0.3, -0.25) is 4.79 Å². The van der Waals surface area contributed by atoms with Gasteiger partial charge in [0.2, 0.25) is 10.0 Å². The first kappa shape index (κ1) is 25.8. The summed E-state index contributed by atoms with van der Waals surface area (Å²) in [6.45, 7) is 5.43. The lowest BCUT2D eigenvalue weighted by atomic mass is 10.1. The molecule has 174 valence electrons. The highest BCUT2D eigenvalue weighted by molar-refractivity contribution is 7.89. The Hall–Kier alpha value is -2.42. The van der Waals surface area contributed by atoms with Gasteiger partial charge in [0.25, 0.3) is 5.91 Å². The van der Waals surface area contributed by atoms with Crippen molar-refractivity contribution in [1.82, 2.24) is 9.62 Å². The molecule has 1 N–H and O–H groups in total. The van der Waals surface area contributed by atoms with Gasteiger partial charge in [-0.1, -0.05) is 55.8 Å². The Morgan fingerprint density at radius 3 is 2.38 bits per heavy atom. The standard InChI is InChI=1S/C23H29ClN2O5S/c1-4-26(5-2)32(29,30)19-13-14-21(24)20(15-19)23(28)31-16-22(27)25-17(3)11-12-18-9-7-6-8-10-18/h6-10,13-15,17H,4-5,11-12,16H2,1-3H3,(H,25,27). The lowest BCUT2D eigenvalue weighted by Gasteiger charge is -2.19. The molecule has 0 radical (unpaired) electrons. The SMILES string of the molecule is CCN(CC)S(=O)(=O)c1ccc(Cl)c(C(=O)OCC(=O)NC(C)CCc2ccccc2)c1. The summed E-state index contributed by atoms with van der Waals surface area (Å²) < 4.78 is 31.7. The molecule has 0 bridgehead atoms. The third-order valence-electron chi connectivity index (χ3n) is 4.95. The number of hydrogen-bond donors (Lipinski definition) is 1. The van der Waals surface area contributed by atoms with Crippen molar-refractivity contribution in [3.05, 3.63) is 64.7 Å². The summed E-state index contributed by atoms with van der Waals surface area (Å²) in [6, 6.07) is 13.7. The van der Waals surface area contributed by atoms with Crippen molar-refractivity contribution in [3.63, 3.8) is 0 Å². The van der Waals surface area contributed by atoms with E-state index in [4.69, 9.17) is 16.3 Å². The second-order valence-corrected chi connectivity index (χ2v) is 9.65. The van der Waals surface area contributed by atoms with E-state index >= 15 is 0 Å². The van der Waals surface area contributed by atoms with Crippen molar-refractivity contribution in [2.45, 2.75) is 44.6 Å². The molecular weight excluding hydrogens is 452 g/mol. The highest BCUT2D eigenvalue weighted by atomic mass is 35.5. The molecule has 0 saturated heterocycles. The van der Waals surface area contributed by atoms with Crippen molar-refractivity contribution < 1.29 is 22.7 Å². The predicted molar refractivity (Wildman–Crippen MR) is 124 cm³/mol. The zero-order chi connectivity index (χ0) is 23.7. The van der Waals surface area contributed by atoms with Gasteiger partial charge in [-0.05, 0) is 43.5 Å². The monoisotopic (exact) mass is 480 g/mol. The first-order valence-corrected chi connectivity index (χ1v) is 12.3. The van der Waals surface area contributed by atoms with E-state index in [2.05, 4.69) is 5.32 Å². The van der Waals surface area contributed by atoms with Crippen LogP contribution in [0.1, 0.15) is 43.1 Å². The fourth-order valence-electron chi connectivity index (χ4n) is 3.16. The number of rotatable bonds is 11. The first-order valence-electron chi connectivity index (χ1n) is 10.5. The summed E-state index contributed by atoms with van der Waals surface area (Å²) in [5, 5.41) is 2.83. The molecule has 0 fully saturated rings. The maximum absolute atomic E-state index is 12.7. The van der Waals surface area contributed by atoms with E-state index in [1.54, 1.807) is 13.8 Å². The van der Waals surface area contributed by atoms with Crippen molar-refractivity contribution in [2.75, 3.05) is 19.7 Å². The quantitative estimate of drug-likeness (QED) is 0.495. The highest BCUT2D eigenvalue weighted by Crippen LogP contribution is 2.23. The molecule has 0 saturated carbocycles. The van der Waals surface area contributed by atoms with E-state index in [0.717, 1.165) is 12.8 Å². The molecule has 1 unspecified atom stereocenters. The second kappa shape index (κ2) is 12.0. The average molecular weight is 481 g/mol. The number of halogens is 1. The second-order valence-electron chi connectivity index (χ2n) is 7.30. The molecule has 0 heterocycles. The van der Waals surface area contributed by atoms with Crippen LogP contribution in [0.3, 0.4) is 0 Å². The summed E-state index contributed by atoms with van der Waals surface area (Å²) in [4.78, 5) is 24.6. The van der Waals surface area contributed by atoms with E-state index in [9.17, 15) is 18.0 Å². The fourth-order valence-corrected chi connectivity index (χ4v) is 4.84. The van der Waals surface area contributed by atoms with Crippen LogP contribution < -0.4 is 5.32 Å². The molecule has 0 aliphatic rings. The van der Waals surface area contributed by atoms with Gasteiger partial charge >= 0.3 is 5.97 Å². The van der Waals surface area contributed by atoms with E-state index in [-0.39, 0.29) is 21.5 Å². The maximum Gasteiger partial charge on any atom is 0.340 e. The molecule has 2 aromatic carbocycles. The summed E-state index contributed by atoms with van der Waals surface area (Å²) in [5.74, 6) is -1.30. The molecule has 2 aromatic rings. The number of esters is 1. The molecule has 0 aliphatic heterocycles. The van der Waals surface area contributed by atoms with Crippen LogP contribution in [0.5, 0.6) is 0 Å². The van der Waals surface area contributed by atoms with E-state index in [1.807, 2.05) is 37.3 Å². The summed E-state index contributed by atoms with van der Waals surface area (Å²) >= 11 is 6.08. The minimum absolute atomic E-state index is 0.0464. The number of benzene rings is 2. The van der Waals surface area contributed by atoms with Gasteiger partial charge in [0.15, 0.2) is 6.61 Å². The van der Waals surface area contributed by atoms with Gasteiger partial charge < -0.3 is 10.1 Å². The van der Waals surface area contributed by atoms with Crippen LogP contribution in [0.25, 0.3) is 0 Å². The zero-order valence-corrected chi connectivity index (χ0v) is 20.1. The van der Waals surface area contributed by atoms with Crippen LogP contribution >= 0.6 is 11.6 Å². The Morgan fingerprint density at radius 2 is 1.75 bits per heavy atom. The predicted octanol–water partition coefficient (Wildman–Crippen LogP) is 3.66. The molecule has 1 amide bonds. The summed E-state index contributed by atoms with van der Waals surface area (Å²) in [7, 11) is -3.76. The Morgan fingerprint density at radius 1 is 1.09 bits per heavy atom. The largest absolute Gasteiger partial charge is 0.452 e. The topological polar surface area (TPSA) is 92.8 Å². The first-order chi connectivity index (χ1) is 15.2. The molecule has 7 nitrogen and oxygen atoms in total. The minimum atomic E-state index is -3.76. The molecule has 1 atom stereocenters. The van der Waals surface area contributed by atoms with Crippen molar-refractivity contribution in [3.8, 4) is 0 Å². The number of sulfonamides is 1. The number of carbonyl (C=O) groups is 2. The number of nitrogens with one attached hydrogen (secondary N) is 1. The molecule has 0 aromatic heterocycles. The smallest absolute Gasteiger partial charge is 0.340 e. The Kier molecular flexibility index (Phi) is 9.68.